The fourth-order valence-electron chi connectivity index (χ4n) is 3.97. The van der Waals surface area contributed by atoms with Crippen molar-refractivity contribution in [2.24, 2.45) is 0 Å². The Morgan fingerprint density at radius 1 is 1.20 bits per heavy atom. The quantitative estimate of drug-likeness (QED) is 0.365. The molecule has 184 valence electrons. The zero-order valence-corrected chi connectivity index (χ0v) is 21.2. The van der Waals surface area contributed by atoms with Crippen LogP contribution in [-0.4, -0.2) is 49.8 Å². The summed E-state index contributed by atoms with van der Waals surface area (Å²) >= 11 is 7.52. The van der Waals surface area contributed by atoms with Crippen LogP contribution in [0.4, 0.5) is 4.39 Å². The molecule has 1 aliphatic heterocycles. The number of benzene rings is 2. The third-order valence-corrected chi connectivity index (χ3v) is 8.81. The molecule has 0 bridgehead atoms. The lowest BCUT2D eigenvalue weighted by Crippen LogP contribution is -2.47. The van der Waals surface area contributed by atoms with E-state index < -0.39 is 16.1 Å². The van der Waals surface area contributed by atoms with Gasteiger partial charge in [-0.25, -0.2) is 12.8 Å². The van der Waals surface area contributed by atoms with E-state index in [9.17, 15) is 17.6 Å². The molecule has 3 aromatic rings. The van der Waals surface area contributed by atoms with E-state index in [1.165, 1.54) is 59.5 Å². The van der Waals surface area contributed by atoms with Crippen LogP contribution in [0.5, 0.6) is 5.75 Å². The van der Waals surface area contributed by atoms with Crippen LogP contribution in [0.3, 0.4) is 0 Å². The van der Waals surface area contributed by atoms with Crippen LogP contribution in [0, 0.1) is 5.82 Å². The van der Waals surface area contributed by atoms with E-state index in [0.29, 0.717) is 23.7 Å². The summed E-state index contributed by atoms with van der Waals surface area (Å²) < 4.78 is 46.7. The number of nitrogens with zero attached hydrogens (tertiary/aromatic N) is 2. The first-order valence-corrected chi connectivity index (χ1v) is 13.6. The second-order valence-corrected chi connectivity index (χ2v) is 11.3. The first-order chi connectivity index (χ1) is 16.8. The van der Waals surface area contributed by atoms with Crippen molar-refractivity contribution in [2.75, 3.05) is 26.2 Å². The lowest BCUT2D eigenvalue weighted by atomic mass is 10.0. The molecule has 1 aliphatic rings. The summed E-state index contributed by atoms with van der Waals surface area (Å²) in [6.45, 7) is 3.88. The maximum atomic E-state index is 13.5. The molecule has 1 aromatic heterocycles. The molecule has 0 fully saturated rings. The molecule has 10 heteroatoms. The Morgan fingerprint density at radius 2 is 1.91 bits per heavy atom. The van der Waals surface area contributed by atoms with E-state index in [-0.39, 0.29) is 36.3 Å². The predicted octanol–water partition coefficient (Wildman–Crippen LogP) is 4.92. The number of fused-ring (bicyclic) bond motifs is 1. The van der Waals surface area contributed by atoms with Gasteiger partial charge in [0.1, 0.15) is 18.2 Å². The highest BCUT2D eigenvalue weighted by atomic mass is 35.5. The third kappa shape index (κ3) is 5.75. The molecule has 0 saturated carbocycles. The minimum Gasteiger partial charge on any atom is -0.491 e. The van der Waals surface area contributed by atoms with Gasteiger partial charge in [0.05, 0.1) is 17.5 Å². The fraction of sp³-hybridized carbons (Fsp3) is 0.240. The van der Waals surface area contributed by atoms with E-state index in [1.54, 1.807) is 16.2 Å². The zero-order valence-electron chi connectivity index (χ0n) is 18.8. The number of halogens is 2. The predicted molar refractivity (Wildman–Crippen MR) is 135 cm³/mol. The summed E-state index contributed by atoms with van der Waals surface area (Å²) in [4.78, 5) is 16.3. The van der Waals surface area contributed by atoms with Gasteiger partial charge in [0.25, 0.3) is 0 Å². The normalized spacial score (nSPS) is 15.6. The van der Waals surface area contributed by atoms with Gasteiger partial charge in [0.2, 0.25) is 15.9 Å². The molecule has 1 amide bonds. The van der Waals surface area contributed by atoms with E-state index in [2.05, 4.69) is 6.58 Å². The van der Waals surface area contributed by atoms with Crippen molar-refractivity contribution < 1.29 is 22.3 Å². The third-order valence-electron chi connectivity index (χ3n) is 5.73. The van der Waals surface area contributed by atoms with Gasteiger partial charge >= 0.3 is 0 Å². The molecule has 2 heterocycles. The molecule has 35 heavy (non-hydrogen) atoms. The van der Waals surface area contributed by atoms with Gasteiger partial charge in [-0.2, -0.15) is 4.31 Å². The lowest BCUT2D eigenvalue weighted by Gasteiger charge is -2.36. The van der Waals surface area contributed by atoms with Gasteiger partial charge in [-0.05, 0) is 72.0 Å². The Balaban J connectivity index is 1.55. The second kappa shape index (κ2) is 10.9. The topological polar surface area (TPSA) is 66.9 Å². The highest BCUT2D eigenvalue weighted by Crippen LogP contribution is 2.34. The van der Waals surface area contributed by atoms with Crippen LogP contribution < -0.4 is 4.74 Å². The fourth-order valence-corrected chi connectivity index (χ4v) is 6.38. The molecule has 0 radical (unpaired) electrons. The van der Waals surface area contributed by atoms with E-state index in [0.717, 1.165) is 9.87 Å². The average molecular weight is 535 g/mol. The number of thiophene rings is 1. The highest BCUT2D eigenvalue weighted by molar-refractivity contribution is 7.89. The van der Waals surface area contributed by atoms with E-state index >= 15 is 0 Å². The van der Waals surface area contributed by atoms with Crippen LogP contribution in [-0.2, 0) is 21.2 Å². The maximum Gasteiger partial charge on any atom is 0.243 e. The first-order valence-electron chi connectivity index (χ1n) is 10.9. The first kappa shape index (κ1) is 25.4. The van der Waals surface area contributed by atoms with Crippen LogP contribution in [0.2, 0.25) is 5.02 Å². The van der Waals surface area contributed by atoms with Crippen molar-refractivity contribution in [2.45, 2.75) is 17.4 Å². The number of amides is 1. The molecule has 0 N–H and O–H groups in total. The Morgan fingerprint density at radius 3 is 2.60 bits per heavy atom. The molecule has 6 nitrogen and oxygen atoms in total. The van der Waals surface area contributed by atoms with Crippen LogP contribution in [0.25, 0.3) is 0 Å². The second-order valence-electron chi connectivity index (χ2n) is 7.96. The van der Waals surface area contributed by atoms with Crippen LogP contribution in [0.1, 0.15) is 16.5 Å². The highest BCUT2D eigenvalue weighted by Gasteiger charge is 2.35. The van der Waals surface area contributed by atoms with Gasteiger partial charge in [0, 0.05) is 23.0 Å². The largest absolute Gasteiger partial charge is 0.491 e. The monoisotopic (exact) mass is 534 g/mol. The number of rotatable bonds is 9. The summed E-state index contributed by atoms with van der Waals surface area (Å²) in [5.74, 6) is -0.218. The van der Waals surface area contributed by atoms with Crippen LogP contribution in [0.15, 0.2) is 77.5 Å². The summed E-state index contributed by atoms with van der Waals surface area (Å²) in [6, 6.07) is 13.1. The van der Waals surface area contributed by atoms with Crippen molar-refractivity contribution in [1.82, 2.24) is 9.21 Å². The Bertz CT molecular complexity index is 1290. The standard InChI is InChI=1S/C25H24ClFN2O4S2/c1-2-13-28(35(31,32)21-9-3-18(26)4-10-21)16-25(30)29-14-11-24-22(12-15-34-24)23(29)17-33-20-7-5-19(27)6-8-20/h2-10,12,15,23H,1,11,13-14,16-17H2/t23-/m0/s1. The number of sulfonamides is 1. The smallest absolute Gasteiger partial charge is 0.243 e. The number of hydrogen-bond donors (Lipinski definition) is 0. The summed E-state index contributed by atoms with van der Waals surface area (Å²) in [5.41, 5.74) is 0.979. The summed E-state index contributed by atoms with van der Waals surface area (Å²) in [5, 5.41) is 2.39. The van der Waals surface area contributed by atoms with Crippen molar-refractivity contribution in [3.05, 3.63) is 93.9 Å². The number of hydrogen-bond acceptors (Lipinski definition) is 5. The number of carbonyl (C=O) groups excluding carboxylic acids is 1. The lowest BCUT2D eigenvalue weighted by molar-refractivity contribution is -0.135. The maximum absolute atomic E-state index is 13.5. The van der Waals surface area contributed by atoms with Gasteiger partial charge < -0.3 is 9.64 Å². The molecule has 0 aliphatic carbocycles. The Hall–Kier alpha value is -2.72. The zero-order chi connectivity index (χ0) is 25.0. The molecule has 0 unspecified atom stereocenters. The number of ether oxygens (including phenoxy) is 1. The average Bonchev–Trinajstić information content (AvgIpc) is 3.32. The minimum absolute atomic E-state index is 0.0228. The van der Waals surface area contributed by atoms with Crippen molar-refractivity contribution in [3.8, 4) is 5.75 Å². The SMILES string of the molecule is C=CCN(CC(=O)N1CCc2sccc2[C@@H]1COc1ccc(F)cc1)S(=O)(=O)c1ccc(Cl)cc1. The summed E-state index contributed by atoms with van der Waals surface area (Å²) in [6.07, 6.45) is 2.13. The molecule has 2 aromatic carbocycles. The molecule has 1 atom stereocenters. The van der Waals surface area contributed by atoms with Gasteiger partial charge in [0.15, 0.2) is 0 Å². The Kier molecular flexibility index (Phi) is 7.91. The molecule has 0 spiro atoms. The summed E-state index contributed by atoms with van der Waals surface area (Å²) in [7, 11) is -3.95. The molecule has 0 saturated heterocycles. The molecular formula is C25H24ClFN2O4S2. The molecule has 4 rings (SSSR count). The van der Waals surface area contributed by atoms with Crippen LogP contribution >= 0.6 is 22.9 Å². The molecular weight excluding hydrogens is 511 g/mol. The van der Waals surface area contributed by atoms with E-state index in [1.807, 2.05) is 11.4 Å². The van der Waals surface area contributed by atoms with Gasteiger partial charge in [-0.1, -0.05) is 17.7 Å². The van der Waals surface area contributed by atoms with E-state index in [4.69, 9.17) is 16.3 Å². The number of carbonyl (C=O) groups is 1. The minimum atomic E-state index is -3.95. The van der Waals surface area contributed by atoms with Crippen molar-refractivity contribution in [3.63, 3.8) is 0 Å². The van der Waals surface area contributed by atoms with Crippen molar-refractivity contribution in [1.29, 1.82) is 0 Å². The van der Waals surface area contributed by atoms with Gasteiger partial charge in [-0.3, -0.25) is 4.79 Å². The van der Waals surface area contributed by atoms with Crippen molar-refractivity contribution >= 4 is 38.9 Å². The Labute approximate surface area is 213 Å². The van der Waals surface area contributed by atoms with Gasteiger partial charge in [-0.15, -0.1) is 17.9 Å².